The van der Waals surface area contributed by atoms with Crippen molar-refractivity contribution in [1.29, 1.82) is 0 Å². The maximum absolute atomic E-state index is 12.9. The van der Waals surface area contributed by atoms with E-state index in [-0.39, 0.29) is 17.2 Å². The van der Waals surface area contributed by atoms with Crippen molar-refractivity contribution in [1.82, 2.24) is 19.4 Å². The van der Waals surface area contributed by atoms with Gasteiger partial charge in [0.25, 0.3) is 5.56 Å². The first-order valence-electron chi connectivity index (χ1n) is 22.9. The summed E-state index contributed by atoms with van der Waals surface area (Å²) in [5.74, 6) is 11.6. The Hall–Kier alpha value is -5.88. The summed E-state index contributed by atoms with van der Waals surface area (Å²) >= 11 is 6.93. The van der Waals surface area contributed by atoms with Gasteiger partial charge in [-0.15, -0.1) is 6.42 Å². The van der Waals surface area contributed by atoms with Gasteiger partial charge in [-0.3, -0.25) is 9.36 Å². The highest BCUT2D eigenvalue weighted by atomic mass is 79.9. The van der Waals surface area contributed by atoms with Gasteiger partial charge in [-0.2, -0.15) is 0 Å². The summed E-state index contributed by atoms with van der Waals surface area (Å²) in [6.07, 6.45) is 19.3. The van der Waals surface area contributed by atoms with Gasteiger partial charge in [-0.25, -0.2) is 23.7 Å². The van der Waals surface area contributed by atoms with E-state index in [1.165, 1.54) is 98.6 Å². The number of benzene rings is 5. The molecule has 2 saturated heterocycles. The molecule has 0 N–H and O–H groups in total. The maximum atomic E-state index is 12.9. The number of aliphatic imine (C=N–C) groups is 2. The SMILES string of the molecule is Brc1ccc2c(c1)N=C1CCCCCN1C2.C#Cc1ccc(F)cc1.Fc1ccc(C#Cc2ccc3c(c2)N=C2CCCCCN2C3)cc1.O=c1c2ccc(Br)cc2nc2n1CCCCC2. The third kappa shape index (κ3) is 12.3. The molecule has 7 nitrogen and oxygen atoms in total. The highest BCUT2D eigenvalue weighted by molar-refractivity contribution is 9.10. The molecule has 5 aromatic carbocycles. The second kappa shape index (κ2) is 22.5. The van der Waals surface area contributed by atoms with Gasteiger partial charge in [-0.1, -0.05) is 81.0 Å². The van der Waals surface area contributed by atoms with E-state index in [0.29, 0.717) is 5.56 Å². The van der Waals surface area contributed by atoms with Crippen molar-refractivity contribution < 1.29 is 8.78 Å². The standard InChI is InChI=1S/C21H19FN2.C13H13BrN2O.C13H15BrN2.C8H5F/c22-19-11-8-16(9-12-19)5-6-17-7-10-18-15-24-13-3-1-2-4-21(24)23-20(18)14-17;14-9-5-6-10-11(8-9)15-12-4-2-1-3-7-16(12)13(10)17;14-11-6-5-10-9-16-7-3-1-2-4-13(16)15-12(10)8-11;1-2-7-3-5-8(9)6-4-7/h7-12,14H,1-4,13,15H2;5-6,8H,1-4,7H2;5-6,8H,1-4,7,9H2;1,3-6H. The number of halogens is 4. The van der Waals surface area contributed by atoms with E-state index in [1.54, 1.807) is 24.3 Å². The van der Waals surface area contributed by atoms with Crippen LogP contribution in [0.1, 0.15) is 104 Å². The zero-order valence-electron chi connectivity index (χ0n) is 37.0. The fourth-order valence-electron chi connectivity index (χ4n) is 8.65. The number of hydrogen-bond donors (Lipinski definition) is 0. The largest absolute Gasteiger partial charge is 0.356 e. The molecule has 0 radical (unpaired) electrons. The smallest absolute Gasteiger partial charge is 0.261 e. The van der Waals surface area contributed by atoms with E-state index in [1.807, 2.05) is 28.8 Å². The molecule has 0 saturated carbocycles. The fourth-order valence-corrected chi connectivity index (χ4v) is 9.35. The third-order valence-electron chi connectivity index (χ3n) is 12.2. The zero-order chi connectivity index (χ0) is 45.8. The van der Waals surface area contributed by atoms with Gasteiger partial charge in [0.2, 0.25) is 0 Å². The highest BCUT2D eigenvalue weighted by Gasteiger charge is 2.22. The lowest BCUT2D eigenvalue weighted by Gasteiger charge is -2.29. The molecule has 11 heteroatoms. The van der Waals surface area contributed by atoms with E-state index in [9.17, 15) is 13.6 Å². The highest BCUT2D eigenvalue weighted by Crippen LogP contribution is 2.32. The lowest BCUT2D eigenvalue weighted by Crippen LogP contribution is -2.32. The first kappa shape index (κ1) is 46.6. The molecular weight excluding hydrogens is 958 g/mol. The Morgan fingerprint density at radius 1 is 0.545 bits per heavy atom. The first-order valence-corrected chi connectivity index (χ1v) is 24.5. The number of fused-ring (bicyclic) bond motifs is 6. The van der Waals surface area contributed by atoms with Gasteiger partial charge in [-0.05, 0) is 141 Å². The minimum Gasteiger partial charge on any atom is -0.356 e. The molecule has 11 rings (SSSR count). The molecule has 2 fully saturated rings. The molecule has 0 spiro atoms. The van der Waals surface area contributed by atoms with Gasteiger partial charge in [0.15, 0.2) is 0 Å². The molecule has 66 heavy (non-hydrogen) atoms. The summed E-state index contributed by atoms with van der Waals surface area (Å²) in [5, 5.41) is 0.721. The molecule has 5 aliphatic heterocycles. The maximum Gasteiger partial charge on any atom is 0.261 e. The van der Waals surface area contributed by atoms with Crippen molar-refractivity contribution >= 4 is 65.8 Å². The van der Waals surface area contributed by atoms with Crippen LogP contribution in [-0.2, 0) is 26.1 Å². The van der Waals surface area contributed by atoms with Crippen molar-refractivity contribution in [2.45, 2.75) is 96.7 Å². The van der Waals surface area contributed by atoms with Crippen molar-refractivity contribution in [3.8, 4) is 24.2 Å². The first-order chi connectivity index (χ1) is 32.2. The van der Waals surface area contributed by atoms with Crippen LogP contribution in [0.5, 0.6) is 0 Å². The summed E-state index contributed by atoms with van der Waals surface area (Å²) in [4.78, 5) is 31.5. The molecule has 6 aromatic rings. The van der Waals surface area contributed by atoms with E-state index in [2.05, 4.69) is 94.7 Å². The predicted octanol–water partition coefficient (Wildman–Crippen LogP) is 13.2. The molecule has 1 aromatic heterocycles. The predicted molar refractivity (Wildman–Crippen MR) is 271 cm³/mol. The summed E-state index contributed by atoms with van der Waals surface area (Å²) in [6.45, 7) is 5.10. The Labute approximate surface area is 403 Å². The Kier molecular flexibility index (Phi) is 15.9. The van der Waals surface area contributed by atoms with Crippen LogP contribution in [0.25, 0.3) is 10.9 Å². The lowest BCUT2D eigenvalue weighted by atomic mass is 10.1. The van der Waals surface area contributed by atoms with Crippen LogP contribution in [0.2, 0.25) is 0 Å². The number of terminal acetylenes is 1. The quantitative estimate of drug-likeness (QED) is 0.142. The van der Waals surface area contributed by atoms with Crippen LogP contribution >= 0.6 is 31.9 Å². The Bertz CT molecular complexity index is 2910. The number of nitrogens with zero attached hydrogens (tertiary/aromatic N) is 6. The van der Waals surface area contributed by atoms with Crippen molar-refractivity contribution in [2.24, 2.45) is 9.98 Å². The fraction of sp³-hybridized carbons (Fsp3) is 0.309. The molecule has 5 aliphatic rings. The minimum absolute atomic E-state index is 0.111. The van der Waals surface area contributed by atoms with Gasteiger partial charge in [0, 0.05) is 77.6 Å². The average molecular weight is 1010 g/mol. The van der Waals surface area contributed by atoms with Crippen LogP contribution in [0.15, 0.2) is 127 Å². The van der Waals surface area contributed by atoms with Gasteiger partial charge in [0.05, 0.1) is 22.3 Å². The number of amidine groups is 2. The molecule has 336 valence electrons. The topological polar surface area (TPSA) is 66.1 Å². The van der Waals surface area contributed by atoms with Crippen molar-refractivity contribution in [2.75, 3.05) is 13.1 Å². The van der Waals surface area contributed by atoms with Gasteiger partial charge >= 0.3 is 0 Å². The molecule has 0 amide bonds. The van der Waals surface area contributed by atoms with E-state index in [0.717, 1.165) is 106 Å². The second-order valence-electron chi connectivity index (χ2n) is 17.0. The van der Waals surface area contributed by atoms with Gasteiger partial charge < -0.3 is 9.80 Å². The summed E-state index contributed by atoms with van der Waals surface area (Å²) in [7, 11) is 0. The van der Waals surface area contributed by atoms with Crippen LogP contribution in [0.3, 0.4) is 0 Å². The Morgan fingerprint density at radius 2 is 1.06 bits per heavy atom. The number of hydrogen-bond acceptors (Lipinski definition) is 6. The van der Waals surface area contributed by atoms with Gasteiger partial charge in [0.1, 0.15) is 29.1 Å². The van der Waals surface area contributed by atoms with Crippen molar-refractivity contribution in [3.63, 3.8) is 0 Å². The van der Waals surface area contributed by atoms with Crippen molar-refractivity contribution in [3.05, 3.63) is 168 Å². The van der Waals surface area contributed by atoms with Crippen LogP contribution in [0.4, 0.5) is 20.2 Å². The van der Waals surface area contributed by atoms with E-state index < -0.39 is 0 Å². The lowest BCUT2D eigenvalue weighted by molar-refractivity contribution is 0.403. The number of aromatic nitrogens is 2. The van der Waals surface area contributed by atoms with Crippen LogP contribution < -0.4 is 5.56 Å². The van der Waals surface area contributed by atoms with E-state index in [4.69, 9.17) is 16.4 Å². The molecule has 6 heterocycles. The zero-order valence-corrected chi connectivity index (χ0v) is 40.2. The Morgan fingerprint density at radius 3 is 1.70 bits per heavy atom. The van der Waals surface area contributed by atoms with E-state index >= 15 is 0 Å². The number of rotatable bonds is 0. The Balaban J connectivity index is 0.000000126. The summed E-state index contributed by atoms with van der Waals surface area (Å²) < 4.78 is 29.0. The van der Waals surface area contributed by atoms with Crippen LogP contribution in [-0.4, -0.2) is 44.1 Å². The normalized spacial score (nSPS) is 15.8. The molecular formula is C55H52Br2F2N6O. The van der Waals surface area contributed by atoms with Crippen LogP contribution in [0, 0.1) is 35.8 Å². The molecule has 0 atom stereocenters. The number of aryl methyl sites for hydroxylation is 1. The molecule has 0 unspecified atom stereocenters. The molecule has 0 aliphatic carbocycles. The second-order valence-corrected chi connectivity index (χ2v) is 18.8. The average Bonchev–Trinajstić information content (AvgIpc) is 3.82. The third-order valence-corrected chi connectivity index (χ3v) is 13.2. The minimum atomic E-state index is -0.256. The summed E-state index contributed by atoms with van der Waals surface area (Å²) in [5.41, 5.74) is 8.21. The molecule has 0 bridgehead atoms. The summed E-state index contributed by atoms with van der Waals surface area (Å²) in [6, 6.07) is 30.4. The monoisotopic (exact) mass is 1010 g/mol.